The number of amides is 1. The molecular formula is C50H61N3O9. The van der Waals surface area contributed by atoms with E-state index in [-0.39, 0.29) is 62.8 Å². The molecule has 6 aliphatic rings. The van der Waals surface area contributed by atoms with Crippen molar-refractivity contribution in [2.24, 2.45) is 28.8 Å². The van der Waals surface area contributed by atoms with Gasteiger partial charge in [0.15, 0.2) is 11.5 Å². The fourth-order valence-electron chi connectivity index (χ4n) is 10.2. The molecule has 0 aromatic heterocycles. The van der Waals surface area contributed by atoms with Gasteiger partial charge in [-0.05, 0) is 97.4 Å². The van der Waals surface area contributed by atoms with Crippen molar-refractivity contribution >= 4 is 11.6 Å². The molecule has 0 radical (unpaired) electrons. The molecule has 3 aliphatic heterocycles. The predicted molar refractivity (Wildman–Crippen MR) is 234 cm³/mol. The van der Waals surface area contributed by atoms with Gasteiger partial charge in [-0.1, -0.05) is 66.5 Å². The number of hydrogen-bond donors (Lipinski definition) is 2. The maximum absolute atomic E-state index is 15.0. The molecule has 2 saturated carbocycles. The predicted octanol–water partition coefficient (Wildman–Crippen LogP) is 7.38. The number of nitrogens with zero attached hydrogens (tertiary/aromatic N) is 3. The number of carbonyl (C=O) groups excluding carboxylic acids is 1. The van der Waals surface area contributed by atoms with Gasteiger partial charge in [-0.25, -0.2) is 0 Å². The monoisotopic (exact) mass is 847 g/mol. The number of hydrogen-bond acceptors (Lipinski definition) is 11. The molecule has 12 nitrogen and oxygen atoms in total. The lowest BCUT2D eigenvalue weighted by Gasteiger charge is -2.60. The van der Waals surface area contributed by atoms with Gasteiger partial charge in [-0.2, -0.15) is 0 Å². The normalized spacial score (nSPS) is 26.2. The molecule has 12 heteroatoms. The van der Waals surface area contributed by atoms with Crippen LogP contribution in [0.5, 0.6) is 23.0 Å². The van der Waals surface area contributed by atoms with Crippen LogP contribution in [0, 0.1) is 23.7 Å². The van der Waals surface area contributed by atoms with E-state index in [0.29, 0.717) is 49.7 Å². The fraction of sp³-hybridized carbons (Fsp3) is 0.520. The number of aliphatic hydroxyl groups excluding tert-OH is 2. The molecule has 6 atom stereocenters. The molecule has 1 amide bonds. The number of benzene rings is 3. The topological polar surface area (TPSA) is 132 Å². The van der Waals surface area contributed by atoms with Crippen LogP contribution < -0.4 is 18.9 Å². The van der Waals surface area contributed by atoms with Gasteiger partial charge < -0.3 is 43.6 Å². The van der Waals surface area contributed by atoms with Crippen molar-refractivity contribution < 1.29 is 43.5 Å². The minimum Gasteiger partial charge on any atom is -0.492 e. The highest BCUT2D eigenvalue weighted by Crippen LogP contribution is 2.62. The molecule has 6 unspecified atom stereocenters. The van der Waals surface area contributed by atoms with Crippen LogP contribution in [0.15, 0.2) is 96.2 Å². The van der Waals surface area contributed by atoms with Gasteiger partial charge in [0.05, 0.1) is 18.2 Å². The Morgan fingerprint density at radius 1 is 0.935 bits per heavy atom. The number of allylic oxidation sites excluding steroid dienone is 1. The molecule has 0 bridgehead atoms. The highest BCUT2D eigenvalue weighted by Gasteiger charge is 2.66. The second-order valence-corrected chi connectivity index (χ2v) is 17.6. The van der Waals surface area contributed by atoms with Crippen molar-refractivity contribution in [3.63, 3.8) is 0 Å². The Labute approximate surface area is 365 Å². The Kier molecular flexibility index (Phi) is 13.2. The third kappa shape index (κ3) is 9.11. The van der Waals surface area contributed by atoms with Crippen molar-refractivity contribution in [2.45, 2.75) is 88.7 Å². The maximum Gasteiger partial charge on any atom is 0.239 e. The van der Waals surface area contributed by atoms with Gasteiger partial charge in [-0.15, -0.1) is 6.58 Å². The van der Waals surface area contributed by atoms with E-state index in [0.717, 1.165) is 91.9 Å². The first-order valence-corrected chi connectivity index (χ1v) is 22.8. The van der Waals surface area contributed by atoms with Crippen molar-refractivity contribution in [3.8, 4) is 23.0 Å². The van der Waals surface area contributed by atoms with Crippen LogP contribution >= 0.6 is 0 Å². The molecule has 330 valence electrons. The maximum atomic E-state index is 15.0. The zero-order valence-corrected chi connectivity index (χ0v) is 35.7. The fourth-order valence-corrected chi connectivity index (χ4v) is 10.2. The SMILES string of the molecule is C=CCOC12Oc3ccc(OCCN4CC4)cc3C3C(CCCCO)C(CCCCO)C=C(C(=NOCc4ccccc4)CC1N(Cc1ccc4c(c1)OCO4)C(=O)C1CC1)C32. The summed E-state index contributed by atoms with van der Waals surface area (Å²) >= 11 is 0. The van der Waals surface area contributed by atoms with E-state index in [1.54, 1.807) is 6.08 Å². The van der Waals surface area contributed by atoms with E-state index < -0.39 is 17.7 Å². The lowest BCUT2D eigenvalue weighted by atomic mass is 9.55. The second-order valence-electron chi connectivity index (χ2n) is 17.6. The summed E-state index contributed by atoms with van der Waals surface area (Å²) in [6.07, 6.45) is 11.0. The molecule has 62 heavy (non-hydrogen) atoms. The first-order valence-electron chi connectivity index (χ1n) is 22.8. The highest BCUT2D eigenvalue weighted by molar-refractivity contribution is 6.03. The van der Waals surface area contributed by atoms with E-state index in [4.69, 9.17) is 33.7 Å². The molecule has 3 aromatic rings. The van der Waals surface area contributed by atoms with E-state index in [9.17, 15) is 15.0 Å². The third-order valence-electron chi connectivity index (χ3n) is 13.5. The molecule has 3 aliphatic carbocycles. The van der Waals surface area contributed by atoms with Crippen LogP contribution in [-0.4, -0.2) is 96.3 Å². The van der Waals surface area contributed by atoms with Crippen LogP contribution in [0.25, 0.3) is 0 Å². The number of rotatable bonds is 22. The second kappa shape index (κ2) is 19.2. The van der Waals surface area contributed by atoms with Crippen LogP contribution in [-0.2, 0) is 27.5 Å². The lowest BCUT2D eigenvalue weighted by Crippen LogP contribution is -2.70. The molecule has 9 rings (SSSR count). The van der Waals surface area contributed by atoms with Crippen molar-refractivity contribution in [1.29, 1.82) is 0 Å². The summed E-state index contributed by atoms with van der Waals surface area (Å²) in [5.41, 5.74) is 4.75. The number of unbranched alkanes of at least 4 members (excludes halogenated alkanes) is 2. The average molecular weight is 848 g/mol. The highest BCUT2D eigenvalue weighted by atomic mass is 16.7. The van der Waals surface area contributed by atoms with Crippen molar-refractivity contribution in [1.82, 2.24) is 9.80 Å². The Bertz CT molecular complexity index is 2100. The summed E-state index contributed by atoms with van der Waals surface area (Å²) in [6, 6.07) is 21.5. The number of aliphatic hydroxyl groups is 2. The summed E-state index contributed by atoms with van der Waals surface area (Å²) < 4.78 is 32.6. The van der Waals surface area contributed by atoms with Gasteiger partial charge in [0.1, 0.15) is 30.8 Å². The minimum absolute atomic E-state index is 0.0597. The number of fused-ring (bicyclic) bond motifs is 3. The van der Waals surface area contributed by atoms with E-state index in [1.165, 1.54) is 0 Å². The largest absolute Gasteiger partial charge is 0.492 e. The zero-order valence-electron chi connectivity index (χ0n) is 35.7. The van der Waals surface area contributed by atoms with Crippen LogP contribution in [0.1, 0.15) is 80.4 Å². The van der Waals surface area contributed by atoms with Crippen LogP contribution in [0.4, 0.5) is 0 Å². The van der Waals surface area contributed by atoms with Gasteiger partial charge in [0, 0.05) is 63.2 Å². The standard InChI is InChI=1S/C50H61N3O9/c1-2-25-60-50-46(53(49(56)36-15-16-36)31-35-14-18-44-45(27-35)59-33-58-44)30-42(51-61-32-34-10-4-3-5-11-34)40-28-37(12-6-8-23-54)39(13-7-9-24-55)47(48(40)50)41-29-38(17-19-43(41)62-50)57-26-22-52-20-21-52/h2-5,10-11,14,17-19,27-29,36-37,39,46-48,54-55H,1,6-9,12-13,15-16,20-26,30-33H2. The summed E-state index contributed by atoms with van der Waals surface area (Å²) in [5, 5.41) is 25.0. The summed E-state index contributed by atoms with van der Waals surface area (Å²) in [7, 11) is 0. The smallest absolute Gasteiger partial charge is 0.239 e. The molecule has 3 aromatic carbocycles. The zero-order chi connectivity index (χ0) is 42.5. The molecule has 0 spiro atoms. The van der Waals surface area contributed by atoms with Crippen LogP contribution in [0.3, 0.4) is 0 Å². The van der Waals surface area contributed by atoms with Crippen molar-refractivity contribution in [3.05, 3.63) is 108 Å². The Morgan fingerprint density at radius 2 is 1.73 bits per heavy atom. The molecule has 1 saturated heterocycles. The van der Waals surface area contributed by atoms with E-state index >= 15 is 0 Å². The van der Waals surface area contributed by atoms with E-state index in [2.05, 4.69) is 23.6 Å². The third-order valence-corrected chi connectivity index (χ3v) is 13.5. The quantitative estimate of drug-likeness (QED) is 0.0457. The Morgan fingerprint density at radius 3 is 2.50 bits per heavy atom. The number of ether oxygens (including phenoxy) is 5. The van der Waals surface area contributed by atoms with E-state index in [1.807, 2.05) is 65.6 Å². The molecule has 2 N–H and O–H groups in total. The van der Waals surface area contributed by atoms with Gasteiger partial charge in [0.25, 0.3) is 0 Å². The molecular weight excluding hydrogens is 787 g/mol. The molecule has 3 fully saturated rings. The lowest BCUT2D eigenvalue weighted by molar-refractivity contribution is -0.258. The summed E-state index contributed by atoms with van der Waals surface area (Å²) in [5.74, 6) is 1.16. The number of oxime groups is 1. The average Bonchev–Trinajstić information content (AvgIpc) is 4.25. The van der Waals surface area contributed by atoms with Gasteiger partial charge in [-0.3, -0.25) is 9.69 Å². The Hall–Kier alpha value is -4.88. The summed E-state index contributed by atoms with van der Waals surface area (Å²) in [4.78, 5) is 25.6. The van der Waals surface area contributed by atoms with Crippen molar-refractivity contribution in [2.75, 3.05) is 52.9 Å². The number of carbonyl (C=O) groups is 1. The van der Waals surface area contributed by atoms with Gasteiger partial charge >= 0.3 is 0 Å². The first-order chi connectivity index (χ1) is 30.5. The minimum atomic E-state index is -1.34. The van der Waals surface area contributed by atoms with Gasteiger partial charge in [0.2, 0.25) is 18.5 Å². The molecule has 3 heterocycles. The first kappa shape index (κ1) is 42.4. The van der Waals surface area contributed by atoms with Crippen LogP contribution in [0.2, 0.25) is 0 Å². The summed E-state index contributed by atoms with van der Waals surface area (Å²) in [6.45, 7) is 8.96. The Balaban J connectivity index is 1.21.